The van der Waals surface area contributed by atoms with E-state index in [1.807, 2.05) is 32.9 Å². The van der Waals surface area contributed by atoms with E-state index in [4.69, 9.17) is 15.2 Å². The van der Waals surface area contributed by atoms with Crippen LogP contribution in [0.4, 0.5) is 5.69 Å². The molecule has 0 bridgehead atoms. The summed E-state index contributed by atoms with van der Waals surface area (Å²) in [5.74, 6) is 0.648. The van der Waals surface area contributed by atoms with Gasteiger partial charge in [0.05, 0.1) is 5.52 Å². The molecule has 0 atom stereocenters. The van der Waals surface area contributed by atoms with Crippen molar-refractivity contribution in [2.75, 3.05) is 18.9 Å². The third-order valence-electron chi connectivity index (χ3n) is 3.58. The summed E-state index contributed by atoms with van der Waals surface area (Å²) in [6, 6.07) is 5.43. The topological polar surface area (TPSA) is 66.5 Å². The zero-order valence-electron chi connectivity index (χ0n) is 14.5. The molecule has 1 aromatic heterocycles. The molecule has 128 valence electrons. The maximum absolute atomic E-state index is 12.8. The highest BCUT2D eigenvalue weighted by molar-refractivity contribution is 5.90. The highest BCUT2D eigenvalue weighted by Gasteiger charge is 2.19. The average molecular weight is 328 g/mol. The third kappa shape index (κ3) is 3.62. The summed E-state index contributed by atoms with van der Waals surface area (Å²) in [7, 11) is 0. The van der Waals surface area contributed by atoms with Crippen LogP contribution in [0.15, 0.2) is 47.3 Å². The summed E-state index contributed by atoms with van der Waals surface area (Å²) < 4.78 is 13.2. The lowest BCUT2D eigenvalue weighted by molar-refractivity contribution is 0.305. The van der Waals surface area contributed by atoms with E-state index in [1.165, 1.54) is 0 Å². The minimum atomic E-state index is -0.232. The van der Waals surface area contributed by atoms with Crippen molar-refractivity contribution in [2.24, 2.45) is 0 Å². The van der Waals surface area contributed by atoms with E-state index < -0.39 is 0 Å². The molecule has 5 nitrogen and oxygen atoms in total. The molecule has 2 rings (SSSR count). The van der Waals surface area contributed by atoms with E-state index in [0.717, 1.165) is 16.5 Å². The molecule has 2 aromatic rings. The number of nitrogens with zero attached hydrogens (tertiary/aromatic N) is 1. The number of hydrogen-bond acceptors (Lipinski definition) is 4. The minimum Gasteiger partial charge on any atom is -0.485 e. The van der Waals surface area contributed by atoms with Gasteiger partial charge in [-0.15, -0.1) is 0 Å². The van der Waals surface area contributed by atoms with Gasteiger partial charge in [0.1, 0.15) is 13.2 Å². The van der Waals surface area contributed by atoms with Crippen LogP contribution in [0.3, 0.4) is 0 Å². The number of pyridine rings is 1. The van der Waals surface area contributed by atoms with Gasteiger partial charge < -0.3 is 19.8 Å². The average Bonchev–Trinajstić information content (AvgIpc) is 2.54. The number of hydrogen-bond donors (Lipinski definition) is 1. The van der Waals surface area contributed by atoms with Crippen LogP contribution in [0.25, 0.3) is 10.9 Å². The highest BCUT2D eigenvalue weighted by atomic mass is 16.5. The molecule has 5 heteroatoms. The Bertz CT molecular complexity index is 831. The summed E-state index contributed by atoms with van der Waals surface area (Å²) in [6.07, 6.45) is 3.55. The van der Waals surface area contributed by atoms with Crippen LogP contribution in [0, 0.1) is 0 Å². The fourth-order valence-corrected chi connectivity index (χ4v) is 2.43. The maximum atomic E-state index is 12.8. The molecular formula is C19H24N2O3. The Kier molecular flexibility index (Phi) is 5.68. The van der Waals surface area contributed by atoms with Crippen molar-refractivity contribution >= 4 is 16.6 Å². The zero-order chi connectivity index (χ0) is 17.7. The Morgan fingerprint density at radius 1 is 1.25 bits per heavy atom. The van der Waals surface area contributed by atoms with Crippen LogP contribution >= 0.6 is 0 Å². The Labute approximate surface area is 142 Å². The maximum Gasteiger partial charge on any atom is 0.297 e. The molecule has 1 heterocycles. The quantitative estimate of drug-likeness (QED) is 0.624. The van der Waals surface area contributed by atoms with Crippen LogP contribution in [0.1, 0.15) is 20.8 Å². The molecule has 0 aliphatic heterocycles. The Morgan fingerprint density at radius 2 is 1.96 bits per heavy atom. The number of ether oxygens (including phenoxy) is 2. The summed E-state index contributed by atoms with van der Waals surface area (Å²) in [6.45, 7) is 10.6. The van der Waals surface area contributed by atoms with Crippen LogP contribution in [-0.4, -0.2) is 17.8 Å². The van der Waals surface area contributed by atoms with Gasteiger partial charge in [-0.2, -0.15) is 0 Å². The van der Waals surface area contributed by atoms with Gasteiger partial charge in [0.2, 0.25) is 5.75 Å². The van der Waals surface area contributed by atoms with Crippen molar-refractivity contribution in [2.45, 2.75) is 27.3 Å². The van der Waals surface area contributed by atoms with Crippen molar-refractivity contribution in [3.05, 3.63) is 52.9 Å². The number of nitrogens with two attached hydrogens (primary N) is 1. The van der Waals surface area contributed by atoms with Gasteiger partial charge in [-0.25, -0.2) is 0 Å². The lowest BCUT2D eigenvalue weighted by Crippen LogP contribution is -2.23. The monoisotopic (exact) mass is 328 g/mol. The summed E-state index contributed by atoms with van der Waals surface area (Å²) in [5.41, 5.74) is 8.13. The number of fused-ring (bicyclic) bond motifs is 1. The number of nitrogen functional groups attached to an aromatic ring is 1. The van der Waals surface area contributed by atoms with Crippen molar-refractivity contribution in [1.29, 1.82) is 0 Å². The first-order valence-electron chi connectivity index (χ1n) is 7.95. The van der Waals surface area contributed by atoms with E-state index in [1.54, 1.807) is 22.8 Å². The normalized spacial score (nSPS) is 10.5. The molecule has 2 N–H and O–H groups in total. The molecule has 0 spiro atoms. The smallest absolute Gasteiger partial charge is 0.297 e. The van der Waals surface area contributed by atoms with Crippen LogP contribution in [-0.2, 0) is 6.54 Å². The molecule has 0 amide bonds. The predicted octanol–water partition coefficient (Wildman–Crippen LogP) is 3.51. The molecule has 24 heavy (non-hydrogen) atoms. The van der Waals surface area contributed by atoms with Gasteiger partial charge in [0, 0.05) is 17.6 Å². The second kappa shape index (κ2) is 7.73. The second-order valence-electron chi connectivity index (χ2n) is 5.68. The molecule has 0 radical (unpaired) electrons. The first-order chi connectivity index (χ1) is 11.5. The summed E-state index contributed by atoms with van der Waals surface area (Å²) >= 11 is 0. The first-order valence-corrected chi connectivity index (χ1v) is 7.95. The number of anilines is 1. The van der Waals surface area contributed by atoms with E-state index >= 15 is 0 Å². The Morgan fingerprint density at radius 3 is 2.58 bits per heavy atom. The highest BCUT2D eigenvalue weighted by Crippen LogP contribution is 2.34. The fraction of sp³-hybridized carbons (Fsp3) is 0.316. The molecular weight excluding hydrogens is 304 g/mol. The lowest BCUT2D eigenvalue weighted by Gasteiger charge is -2.17. The standard InChI is InChI=1S/C19H24N2O3/c1-5-10-23-18-17(24-11-9-13(3)4)15-8-7-14(20)12-16(15)21(6-2)19(18)22/h5,7-9,12H,1,6,10-11,20H2,2-4H3. The number of aromatic nitrogens is 1. The third-order valence-corrected chi connectivity index (χ3v) is 3.58. The van der Waals surface area contributed by atoms with E-state index in [0.29, 0.717) is 24.6 Å². The van der Waals surface area contributed by atoms with Gasteiger partial charge >= 0.3 is 0 Å². The Balaban J connectivity index is 2.71. The van der Waals surface area contributed by atoms with Gasteiger partial charge in [0.15, 0.2) is 5.75 Å². The van der Waals surface area contributed by atoms with E-state index in [9.17, 15) is 4.79 Å². The van der Waals surface area contributed by atoms with Gasteiger partial charge in [0.25, 0.3) is 5.56 Å². The van der Waals surface area contributed by atoms with Crippen LogP contribution < -0.4 is 20.8 Å². The minimum absolute atomic E-state index is 0.205. The SMILES string of the molecule is C=CCOc1c(OCC=C(C)C)c2ccc(N)cc2n(CC)c1=O. The number of aryl methyl sites for hydroxylation is 1. The van der Waals surface area contributed by atoms with Gasteiger partial charge in [-0.1, -0.05) is 18.2 Å². The molecule has 0 saturated heterocycles. The summed E-state index contributed by atoms with van der Waals surface area (Å²) in [4.78, 5) is 12.8. The predicted molar refractivity (Wildman–Crippen MR) is 98.9 cm³/mol. The first kappa shape index (κ1) is 17.7. The molecule has 0 aliphatic rings. The van der Waals surface area contributed by atoms with Crippen molar-refractivity contribution in [3.8, 4) is 11.5 Å². The van der Waals surface area contributed by atoms with Gasteiger partial charge in [-0.3, -0.25) is 4.79 Å². The summed E-state index contributed by atoms with van der Waals surface area (Å²) in [5, 5.41) is 0.798. The molecule has 1 aromatic carbocycles. The van der Waals surface area contributed by atoms with E-state index in [-0.39, 0.29) is 17.9 Å². The van der Waals surface area contributed by atoms with Crippen LogP contribution in [0.2, 0.25) is 0 Å². The molecule has 0 fully saturated rings. The number of allylic oxidation sites excluding steroid dienone is 1. The molecule has 0 unspecified atom stereocenters. The Hall–Kier alpha value is -2.69. The fourth-order valence-electron chi connectivity index (χ4n) is 2.43. The van der Waals surface area contributed by atoms with Crippen LogP contribution in [0.5, 0.6) is 11.5 Å². The molecule has 0 aliphatic carbocycles. The second-order valence-corrected chi connectivity index (χ2v) is 5.68. The van der Waals surface area contributed by atoms with Gasteiger partial charge in [-0.05, 0) is 45.0 Å². The lowest BCUT2D eigenvalue weighted by atomic mass is 10.1. The largest absolute Gasteiger partial charge is 0.485 e. The molecule has 0 saturated carbocycles. The van der Waals surface area contributed by atoms with Crippen molar-refractivity contribution in [1.82, 2.24) is 4.57 Å². The number of benzene rings is 1. The zero-order valence-corrected chi connectivity index (χ0v) is 14.5. The van der Waals surface area contributed by atoms with Crippen molar-refractivity contribution in [3.63, 3.8) is 0 Å². The van der Waals surface area contributed by atoms with Crippen molar-refractivity contribution < 1.29 is 9.47 Å². The van der Waals surface area contributed by atoms with E-state index in [2.05, 4.69) is 6.58 Å². The number of rotatable bonds is 7.